The molecule has 148 valence electrons. The third-order valence-corrected chi connectivity index (χ3v) is 4.83. The second-order valence-electron chi connectivity index (χ2n) is 6.61. The number of piperidine rings is 1. The van der Waals surface area contributed by atoms with E-state index in [0.717, 1.165) is 42.7 Å². The number of likely N-dealkylation sites (tertiary alicyclic amines) is 1. The van der Waals surface area contributed by atoms with Gasteiger partial charge in [-0.3, -0.25) is 9.78 Å². The van der Waals surface area contributed by atoms with Crippen molar-refractivity contribution in [3.8, 4) is 16.9 Å². The molecule has 1 amide bonds. The van der Waals surface area contributed by atoms with Gasteiger partial charge in [-0.1, -0.05) is 12.1 Å². The second-order valence-corrected chi connectivity index (χ2v) is 6.61. The number of nitrogens with zero attached hydrogens (tertiary/aromatic N) is 2. The van der Waals surface area contributed by atoms with Crippen molar-refractivity contribution < 1.29 is 9.53 Å². The van der Waals surface area contributed by atoms with E-state index in [4.69, 9.17) is 10.5 Å². The molecule has 2 unspecified atom stereocenters. The third-order valence-electron chi connectivity index (χ3n) is 4.83. The van der Waals surface area contributed by atoms with Crippen LogP contribution in [0.2, 0.25) is 0 Å². The first-order valence-corrected chi connectivity index (χ1v) is 8.76. The van der Waals surface area contributed by atoms with Crippen molar-refractivity contribution >= 4 is 30.7 Å². The Hall–Kier alpha value is -1.82. The van der Waals surface area contributed by atoms with Crippen LogP contribution in [0.3, 0.4) is 0 Å². The molecule has 2 N–H and O–H groups in total. The highest BCUT2D eigenvalue weighted by Crippen LogP contribution is 2.25. The second kappa shape index (κ2) is 10.5. The summed E-state index contributed by atoms with van der Waals surface area (Å²) in [5, 5.41) is 0. The number of carbonyl (C=O) groups is 1. The van der Waals surface area contributed by atoms with Gasteiger partial charge in [0.2, 0.25) is 0 Å². The summed E-state index contributed by atoms with van der Waals surface area (Å²) in [5.41, 5.74) is 8.64. The van der Waals surface area contributed by atoms with Gasteiger partial charge in [0.25, 0.3) is 5.91 Å². The lowest BCUT2D eigenvalue weighted by Crippen LogP contribution is -2.51. The molecule has 5 nitrogen and oxygen atoms in total. The molecule has 1 saturated heterocycles. The van der Waals surface area contributed by atoms with E-state index in [1.165, 1.54) is 0 Å². The molecule has 3 rings (SSSR count). The molecule has 1 aromatic heterocycles. The van der Waals surface area contributed by atoms with Gasteiger partial charge in [0.05, 0.1) is 12.7 Å². The van der Waals surface area contributed by atoms with Gasteiger partial charge in [0.1, 0.15) is 5.75 Å². The Labute approximate surface area is 173 Å². The number of carbonyl (C=O) groups excluding carboxylic acids is 1. The van der Waals surface area contributed by atoms with E-state index in [9.17, 15) is 4.79 Å². The molecule has 0 radical (unpaired) electrons. The Balaban J connectivity index is 0.00000182. The van der Waals surface area contributed by atoms with Crippen molar-refractivity contribution in [1.82, 2.24) is 9.88 Å². The van der Waals surface area contributed by atoms with Gasteiger partial charge in [-0.15, -0.1) is 24.8 Å². The van der Waals surface area contributed by atoms with Crippen LogP contribution in [0.1, 0.15) is 36.5 Å². The van der Waals surface area contributed by atoms with Gasteiger partial charge in [-0.2, -0.15) is 0 Å². The third kappa shape index (κ3) is 5.34. The summed E-state index contributed by atoms with van der Waals surface area (Å²) in [5.74, 6) is 0.821. The minimum absolute atomic E-state index is 0. The first kappa shape index (κ1) is 23.2. The molecule has 1 aromatic carbocycles. The van der Waals surface area contributed by atoms with E-state index in [1.54, 1.807) is 19.5 Å². The quantitative estimate of drug-likeness (QED) is 0.826. The number of nitrogens with two attached hydrogens (primary N) is 1. The van der Waals surface area contributed by atoms with Crippen molar-refractivity contribution in [2.45, 2.75) is 38.3 Å². The maximum absolute atomic E-state index is 13.0. The number of hydrogen-bond donors (Lipinski definition) is 1. The maximum atomic E-state index is 13.0. The molecule has 1 aliphatic heterocycles. The Morgan fingerprint density at radius 3 is 2.52 bits per heavy atom. The van der Waals surface area contributed by atoms with E-state index >= 15 is 0 Å². The number of ether oxygens (including phenoxy) is 1. The lowest BCUT2D eigenvalue weighted by Gasteiger charge is -2.38. The number of aromatic nitrogens is 1. The summed E-state index contributed by atoms with van der Waals surface area (Å²) in [6.45, 7) is 2.74. The van der Waals surface area contributed by atoms with E-state index in [2.05, 4.69) is 4.98 Å². The monoisotopic (exact) mass is 411 g/mol. The van der Waals surface area contributed by atoms with Crippen LogP contribution >= 0.6 is 24.8 Å². The summed E-state index contributed by atoms with van der Waals surface area (Å²) < 4.78 is 5.19. The van der Waals surface area contributed by atoms with Crippen LogP contribution in [0.4, 0.5) is 0 Å². The maximum Gasteiger partial charge on any atom is 0.255 e. The molecule has 1 fully saturated rings. The van der Waals surface area contributed by atoms with Gasteiger partial charge in [0.15, 0.2) is 0 Å². The van der Waals surface area contributed by atoms with Crippen molar-refractivity contribution in [2.75, 3.05) is 13.7 Å². The molecule has 2 aromatic rings. The highest BCUT2D eigenvalue weighted by Gasteiger charge is 2.30. The lowest BCUT2D eigenvalue weighted by atomic mass is 9.96. The Kier molecular flexibility index (Phi) is 9.03. The zero-order valence-electron chi connectivity index (χ0n) is 15.6. The highest BCUT2D eigenvalue weighted by atomic mass is 35.5. The fraction of sp³-hybridized carbons (Fsp3) is 0.400. The van der Waals surface area contributed by atoms with Crippen molar-refractivity contribution in [2.24, 2.45) is 5.73 Å². The number of pyridine rings is 1. The van der Waals surface area contributed by atoms with Gasteiger partial charge in [-0.25, -0.2) is 0 Å². The molecule has 0 aliphatic carbocycles. The molecular formula is C20H27Cl2N3O2. The van der Waals surface area contributed by atoms with Crippen LogP contribution in [0, 0.1) is 0 Å². The summed E-state index contributed by atoms with van der Waals surface area (Å²) in [4.78, 5) is 19.2. The molecule has 0 bridgehead atoms. The first-order chi connectivity index (χ1) is 12.1. The number of methoxy groups -OCH3 is 1. The van der Waals surface area contributed by atoms with Crippen LogP contribution in [0.5, 0.6) is 5.75 Å². The van der Waals surface area contributed by atoms with E-state index in [-0.39, 0.29) is 42.8 Å². The van der Waals surface area contributed by atoms with Crippen LogP contribution in [0.25, 0.3) is 11.1 Å². The molecule has 2 heterocycles. The minimum atomic E-state index is -0.0259. The largest absolute Gasteiger partial charge is 0.497 e. The predicted octanol–water partition coefficient (Wildman–Crippen LogP) is 3.94. The molecule has 1 aliphatic rings. The zero-order valence-corrected chi connectivity index (χ0v) is 17.3. The number of benzene rings is 1. The van der Waals surface area contributed by atoms with Gasteiger partial charge in [0, 0.05) is 36.6 Å². The van der Waals surface area contributed by atoms with Gasteiger partial charge < -0.3 is 15.4 Å². The molecule has 0 spiro atoms. The Bertz CT molecular complexity index is 738. The summed E-state index contributed by atoms with van der Waals surface area (Å²) in [6.07, 6.45) is 6.54. The lowest BCUT2D eigenvalue weighted by molar-refractivity contribution is 0.0583. The number of hydrogen-bond acceptors (Lipinski definition) is 4. The topological polar surface area (TPSA) is 68.5 Å². The van der Waals surface area contributed by atoms with Crippen LogP contribution < -0.4 is 10.5 Å². The van der Waals surface area contributed by atoms with E-state index in [0.29, 0.717) is 5.56 Å². The minimum Gasteiger partial charge on any atom is -0.497 e. The fourth-order valence-corrected chi connectivity index (χ4v) is 3.42. The SMILES string of the molecule is COc1ccc(-c2cncc(C(=O)N3CCCCC3C(C)N)c2)cc1.Cl.Cl. The Morgan fingerprint density at radius 2 is 1.89 bits per heavy atom. The fourth-order valence-electron chi connectivity index (χ4n) is 3.42. The van der Waals surface area contributed by atoms with Crippen molar-refractivity contribution in [3.63, 3.8) is 0 Å². The standard InChI is InChI=1S/C20H25N3O2.2ClH/c1-14(21)19-5-3-4-10-23(19)20(24)17-11-16(12-22-13-17)15-6-8-18(25-2)9-7-15;;/h6-9,11-14,19H,3-5,10,21H2,1-2H3;2*1H. The van der Waals surface area contributed by atoms with Crippen molar-refractivity contribution in [3.05, 3.63) is 48.3 Å². The molecule has 0 saturated carbocycles. The normalized spacial score (nSPS) is 17.3. The van der Waals surface area contributed by atoms with Crippen LogP contribution in [-0.4, -0.2) is 41.5 Å². The highest BCUT2D eigenvalue weighted by molar-refractivity contribution is 5.95. The van der Waals surface area contributed by atoms with Crippen LogP contribution in [0.15, 0.2) is 42.7 Å². The van der Waals surface area contributed by atoms with Crippen molar-refractivity contribution in [1.29, 1.82) is 0 Å². The smallest absolute Gasteiger partial charge is 0.255 e. The van der Waals surface area contributed by atoms with E-state index in [1.807, 2.05) is 42.2 Å². The summed E-state index contributed by atoms with van der Waals surface area (Å²) >= 11 is 0. The van der Waals surface area contributed by atoms with Crippen LogP contribution in [-0.2, 0) is 0 Å². The molecule has 2 atom stereocenters. The summed E-state index contributed by atoms with van der Waals surface area (Å²) in [7, 11) is 1.64. The number of amides is 1. The number of halogens is 2. The molecule has 27 heavy (non-hydrogen) atoms. The summed E-state index contributed by atoms with van der Waals surface area (Å²) in [6, 6.07) is 9.73. The predicted molar refractivity (Wildman–Crippen MR) is 113 cm³/mol. The molecular weight excluding hydrogens is 385 g/mol. The number of rotatable bonds is 4. The van der Waals surface area contributed by atoms with Gasteiger partial charge in [-0.05, 0) is 49.9 Å². The molecule has 7 heteroatoms. The Morgan fingerprint density at radius 1 is 1.19 bits per heavy atom. The first-order valence-electron chi connectivity index (χ1n) is 8.76. The zero-order chi connectivity index (χ0) is 17.8. The average molecular weight is 412 g/mol. The van der Waals surface area contributed by atoms with E-state index < -0.39 is 0 Å². The average Bonchev–Trinajstić information content (AvgIpc) is 2.67. The van der Waals surface area contributed by atoms with Gasteiger partial charge >= 0.3 is 0 Å².